The zero-order valence-corrected chi connectivity index (χ0v) is 11.2. The van der Waals surface area contributed by atoms with Gasteiger partial charge >= 0.3 is 0 Å². The van der Waals surface area contributed by atoms with E-state index in [1.165, 1.54) is 0 Å². The third-order valence-electron chi connectivity index (χ3n) is 2.71. The molecule has 2 N–H and O–H groups in total. The van der Waals surface area contributed by atoms with Crippen molar-refractivity contribution in [2.75, 3.05) is 13.7 Å². The second-order valence-electron chi connectivity index (χ2n) is 3.85. The van der Waals surface area contributed by atoms with Gasteiger partial charge in [0.1, 0.15) is 0 Å². The van der Waals surface area contributed by atoms with Gasteiger partial charge in [0.25, 0.3) is 0 Å². The van der Waals surface area contributed by atoms with Crippen LogP contribution in [-0.4, -0.2) is 23.5 Å². The van der Waals surface area contributed by atoms with Gasteiger partial charge in [0.05, 0.1) is 19.3 Å². The van der Waals surface area contributed by atoms with E-state index in [2.05, 4.69) is 11.2 Å². The van der Waals surface area contributed by atoms with Gasteiger partial charge in [0.15, 0.2) is 0 Å². The molecule has 18 heavy (non-hydrogen) atoms. The first-order valence-corrected chi connectivity index (χ1v) is 5.65. The maximum Gasteiger partial charge on any atom is 0.0658 e. The van der Waals surface area contributed by atoms with Crippen molar-refractivity contribution in [3.05, 3.63) is 42.2 Å². The van der Waals surface area contributed by atoms with Crippen molar-refractivity contribution in [3.63, 3.8) is 0 Å². The normalized spacial score (nSPS) is 10.1. The van der Waals surface area contributed by atoms with Gasteiger partial charge < -0.3 is 10.5 Å². The highest BCUT2D eigenvalue weighted by Crippen LogP contribution is 2.22. The van der Waals surface area contributed by atoms with Crippen LogP contribution in [0.2, 0.25) is 0 Å². The summed E-state index contributed by atoms with van der Waals surface area (Å²) in [7, 11) is 1.69. The monoisotopic (exact) mass is 267 g/mol. The van der Waals surface area contributed by atoms with Crippen molar-refractivity contribution in [2.45, 2.75) is 13.1 Å². The SMILES string of the molecule is COCCn1cc(-c2ccccc2CN)cn1.Cl. The van der Waals surface area contributed by atoms with Crippen LogP contribution in [0, 0.1) is 0 Å². The van der Waals surface area contributed by atoms with Gasteiger partial charge in [-0.1, -0.05) is 24.3 Å². The first kappa shape index (κ1) is 14.7. The molecule has 2 aromatic rings. The van der Waals surface area contributed by atoms with E-state index in [1.807, 2.05) is 35.3 Å². The van der Waals surface area contributed by atoms with Gasteiger partial charge in [0, 0.05) is 25.4 Å². The van der Waals surface area contributed by atoms with E-state index in [1.54, 1.807) is 7.11 Å². The van der Waals surface area contributed by atoms with Crippen molar-refractivity contribution in [3.8, 4) is 11.1 Å². The molecule has 0 atom stereocenters. The molecule has 0 saturated heterocycles. The Morgan fingerprint density at radius 3 is 2.83 bits per heavy atom. The number of hydrogen-bond acceptors (Lipinski definition) is 3. The Bertz CT molecular complexity index is 485. The maximum absolute atomic E-state index is 5.73. The zero-order valence-electron chi connectivity index (χ0n) is 10.4. The van der Waals surface area contributed by atoms with Crippen LogP contribution in [0.25, 0.3) is 11.1 Å². The number of rotatable bonds is 5. The molecule has 0 radical (unpaired) electrons. The molecule has 5 heteroatoms. The van der Waals surface area contributed by atoms with Crippen LogP contribution in [0.4, 0.5) is 0 Å². The van der Waals surface area contributed by atoms with Gasteiger partial charge in [-0.3, -0.25) is 4.68 Å². The van der Waals surface area contributed by atoms with E-state index in [-0.39, 0.29) is 12.4 Å². The molecular formula is C13H18ClN3O. The Balaban J connectivity index is 0.00000162. The minimum atomic E-state index is 0. The molecule has 0 spiro atoms. The lowest BCUT2D eigenvalue weighted by atomic mass is 10.0. The van der Waals surface area contributed by atoms with Gasteiger partial charge in [-0.2, -0.15) is 5.10 Å². The molecule has 0 amide bonds. The molecule has 1 aromatic carbocycles. The molecule has 0 bridgehead atoms. The number of benzene rings is 1. The van der Waals surface area contributed by atoms with E-state index in [0.717, 1.165) is 23.2 Å². The summed E-state index contributed by atoms with van der Waals surface area (Å²) >= 11 is 0. The quantitative estimate of drug-likeness (QED) is 0.902. The summed E-state index contributed by atoms with van der Waals surface area (Å²) in [5.74, 6) is 0. The second-order valence-corrected chi connectivity index (χ2v) is 3.85. The average Bonchev–Trinajstić information content (AvgIpc) is 2.85. The van der Waals surface area contributed by atoms with Crippen LogP contribution in [0.1, 0.15) is 5.56 Å². The van der Waals surface area contributed by atoms with Gasteiger partial charge in [-0.05, 0) is 11.1 Å². The summed E-state index contributed by atoms with van der Waals surface area (Å²) in [5.41, 5.74) is 9.12. The smallest absolute Gasteiger partial charge is 0.0658 e. The minimum absolute atomic E-state index is 0. The summed E-state index contributed by atoms with van der Waals surface area (Å²) < 4.78 is 6.91. The number of aromatic nitrogens is 2. The van der Waals surface area contributed by atoms with Crippen molar-refractivity contribution in [1.82, 2.24) is 9.78 Å². The highest BCUT2D eigenvalue weighted by Gasteiger charge is 2.05. The molecule has 0 aliphatic rings. The zero-order chi connectivity index (χ0) is 12.1. The third-order valence-corrected chi connectivity index (χ3v) is 2.71. The fourth-order valence-electron chi connectivity index (χ4n) is 1.79. The number of hydrogen-bond donors (Lipinski definition) is 1. The van der Waals surface area contributed by atoms with Gasteiger partial charge in [-0.15, -0.1) is 12.4 Å². The molecule has 1 aromatic heterocycles. The Morgan fingerprint density at radius 1 is 1.33 bits per heavy atom. The van der Waals surface area contributed by atoms with Crippen molar-refractivity contribution in [2.24, 2.45) is 5.73 Å². The number of halogens is 1. The van der Waals surface area contributed by atoms with E-state index >= 15 is 0 Å². The van der Waals surface area contributed by atoms with Crippen molar-refractivity contribution in [1.29, 1.82) is 0 Å². The van der Waals surface area contributed by atoms with Crippen LogP contribution in [-0.2, 0) is 17.8 Å². The van der Waals surface area contributed by atoms with Crippen LogP contribution < -0.4 is 5.73 Å². The first-order valence-electron chi connectivity index (χ1n) is 5.65. The molecule has 4 nitrogen and oxygen atoms in total. The lowest BCUT2D eigenvalue weighted by Crippen LogP contribution is -2.03. The topological polar surface area (TPSA) is 53.1 Å². The third kappa shape index (κ3) is 3.32. The van der Waals surface area contributed by atoms with Crippen LogP contribution in [0.15, 0.2) is 36.7 Å². The lowest BCUT2D eigenvalue weighted by Gasteiger charge is -2.04. The first-order chi connectivity index (χ1) is 8.35. The maximum atomic E-state index is 5.73. The van der Waals surface area contributed by atoms with Crippen LogP contribution in [0.3, 0.4) is 0 Å². The molecule has 1 heterocycles. The minimum Gasteiger partial charge on any atom is -0.383 e. The fourth-order valence-corrected chi connectivity index (χ4v) is 1.79. The summed E-state index contributed by atoms with van der Waals surface area (Å²) in [6.07, 6.45) is 3.89. The molecule has 0 aliphatic carbocycles. The number of nitrogens with two attached hydrogens (primary N) is 1. The van der Waals surface area contributed by atoms with Crippen LogP contribution in [0.5, 0.6) is 0 Å². The fraction of sp³-hybridized carbons (Fsp3) is 0.308. The Labute approximate surface area is 113 Å². The largest absolute Gasteiger partial charge is 0.383 e. The van der Waals surface area contributed by atoms with E-state index in [4.69, 9.17) is 10.5 Å². The summed E-state index contributed by atoms with van der Waals surface area (Å²) in [4.78, 5) is 0. The molecular weight excluding hydrogens is 250 g/mol. The van der Waals surface area contributed by atoms with Crippen molar-refractivity contribution >= 4 is 12.4 Å². The molecule has 98 valence electrons. The number of methoxy groups -OCH3 is 1. The second kappa shape index (κ2) is 7.16. The van der Waals surface area contributed by atoms with Gasteiger partial charge in [0.2, 0.25) is 0 Å². The standard InChI is InChI=1S/C13H17N3O.ClH/c1-17-7-6-16-10-12(9-15-16)13-5-3-2-4-11(13)8-14;/h2-5,9-10H,6-8,14H2,1H3;1H. The van der Waals surface area contributed by atoms with E-state index < -0.39 is 0 Å². The Kier molecular flexibility index (Phi) is 5.85. The Hall–Kier alpha value is -1.36. The van der Waals surface area contributed by atoms with Crippen LogP contribution >= 0.6 is 12.4 Å². The highest BCUT2D eigenvalue weighted by atomic mass is 35.5. The molecule has 0 fully saturated rings. The molecule has 0 aliphatic heterocycles. The van der Waals surface area contributed by atoms with Crippen molar-refractivity contribution < 1.29 is 4.74 Å². The average molecular weight is 268 g/mol. The summed E-state index contributed by atoms with van der Waals surface area (Å²) in [5, 5.41) is 4.30. The van der Waals surface area contributed by atoms with E-state index in [0.29, 0.717) is 13.2 Å². The number of ether oxygens (including phenoxy) is 1. The Morgan fingerprint density at radius 2 is 2.11 bits per heavy atom. The molecule has 0 saturated carbocycles. The van der Waals surface area contributed by atoms with E-state index in [9.17, 15) is 0 Å². The summed E-state index contributed by atoms with van der Waals surface area (Å²) in [6, 6.07) is 8.13. The predicted octanol–water partition coefficient (Wildman–Crippen LogP) is 2.08. The van der Waals surface area contributed by atoms with Gasteiger partial charge in [-0.25, -0.2) is 0 Å². The number of nitrogens with zero attached hydrogens (tertiary/aromatic N) is 2. The molecule has 0 unspecified atom stereocenters. The lowest BCUT2D eigenvalue weighted by molar-refractivity contribution is 0.183. The predicted molar refractivity (Wildman–Crippen MR) is 74.7 cm³/mol. The highest BCUT2D eigenvalue weighted by molar-refractivity contribution is 5.85. The molecule has 2 rings (SSSR count). The summed E-state index contributed by atoms with van der Waals surface area (Å²) in [6.45, 7) is 1.97.